The normalized spacial score (nSPS) is 22.1. The SMILES string of the molecule is CC1(C)C(NC(=O)c2ccc(N3CCC(CO)CC3)c(Cl)c2)C(C)(C)C1Oc1ccc(C#N)c2ncccc12. The van der Waals surface area contributed by atoms with E-state index >= 15 is 0 Å². The minimum atomic E-state index is -0.359. The Morgan fingerprint density at radius 3 is 2.54 bits per heavy atom. The maximum absolute atomic E-state index is 13.4. The van der Waals surface area contributed by atoms with Crippen LogP contribution >= 0.6 is 11.6 Å². The molecule has 8 heteroatoms. The number of halogens is 1. The van der Waals surface area contributed by atoms with E-state index in [4.69, 9.17) is 16.3 Å². The zero-order valence-electron chi connectivity index (χ0n) is 22.9. The van der Waals surface area contributed by atoms with Crippen LogP contribution in [0.3, 0.4) is 0 Å². The third-order valence-corrected chi connectivity index (χ3v) is 8.94. The lowest BCUT2D eigenvalue weighted by Gasteiger charge is -2.63. The van der Waals surface area contributed by atoms with Crippen molar-refractivity contribution in [1.29, 1.82) is 5.26 Å². The zero-order valence-corrected chi connectivity index (χ0v) is 23.6. The van der Waals surface area contributed by atoms with Gasteiger partial charge in [-0.05, 0) is 61.2 Å². The van der Waals surface area contributed by atoms with Gasteiger partial charge in [0.1, 0.15) is 17.9 Å². The Balaban J connectivity index is 1.30. The van der Waals surface area contributed by atoms with E-state index in [0.717, 1.165) is 37.0 Å². The van der Waals surface area contributed by atoms with Gasteiger partial charge in [0.25, 0.3) is 5.91 Å². The second-order valence-corrected chi connectivity index (χ2v) is 12.4. The molecular formula is C31H35ClN4O3. The van der Waals surface area contributed by atoms with Crippen molar-refractivity contribution in [2.45, 2.75) is 52.7 Å². The number of carbonyl (C=O) groups excluding carboxylic acids is 1. The van der Waals surface area contributed by atoms with Gasteiger partial charge in [0, 0.05) is 53.7 Å². The quantitative estimate of drug-likeness (QED) is 0.419. The van der Waals surface area contributed by atoms with Gasteiger partial charge in [0.2, 0.25) is 0 Å². The second kappa shape index (κ2) is 10.3. The number of anilines is 1. The lowest BCUT2D eigenvalue weighted by molar-refractivity contribution is -0.163. The first-order valence-electron chi connectivity index (χ1n) is 13.5. The van der Waals surface area contributed by atoms with Crippen LogP contribution in [0.4, 0.5) is 5.69 Å². The Morgan fingerprint density at radius 1 is 1.18 bits per heavy atom. The lowest BCUT2D eigenvalue weighted by Crippen LogP contribution is -2.74. The average molecular weight is 547 g/mol. The lowest BCUT2D eigenvalue weighted by atomic mass is 9.49. The number of nitriles is 1. The smallest absolute Gasteiger partial charge is 0.251 e. The molecular weight excluding hydrogens is 512 g/mol. The molecule has 0 atom stereocenters. The first-order chi connectivity index (χ1) is 18.6. The number of fused-ring (bicyclic) bond motifs is 1. The molecule has 2 fully saturated rings. The van der Waals surface area contributed by atoms with E-state index < -0.39 is 0 Å². The molecule has 0 bridgehead atoms. The van der Waals surface area contributed by atoms with Crippen LogP contribution in [0, 0.1) is 28.1 Å². The van der Waals surface area contributed by atoms with Crippen molar-refractivity contribution >= 4 is 34.1 Å². The number of piperidine rings is 1. The summed E-state index contributed by atoms with van der Waals surface area (Å²) in [6.07, 6.45) is 3.35. The number of rotatable bonds is 6. The number of nitrogens with one attached hydrogen (secondary N) is 1. The molecule has 2 aromatic carbocycles. The van der Waals surface area contributed by atoms with Crippen LogP contribution in [0.1, 0.15) is 56.5 Å². The largest absolute Gasteiger partial charge is 0.488 e. The molecule has 2 heterocycles. The highest BCUT2D eigenvalue weighted by Gasteiger charge is 2.64. The molecule has 39 heavy (non-hydrogen) atoms. The molecule has 1 aliphatic heterocycles. The first kappa shape index (κ1) is 27.2. The van der Waals surface area contributed by atoms with Crippen molar-refractivity contribution < 1.29 is 14.6 Å². The average Bonchev–Trinajstić information content (AvgIpc) is 2.94. The van der Waals surface area contributed by atoms with Crippen LogP contribution < -0.4 is 15.0 Å². The number of hydrogen-bond acceptors (Lipinski definition) is 6. The van der Waals surface area contributed by atoms with E-state index in [-0.39, 0.29) is 35.5 Å². The van der Waals surface area contributed by atoms with Gasteiger partial charge in [0.15, 0.2) is 0 Å². The van der Waals surface area contributed by atoms with Crippen LogP contribution in [0.2, 0.25) is 5.02 Å². The van der Waals surface area contributed by atoms with Crippen LogP contribution in [-0.2, 0) is 0 Å². The van der Waals surface area contributed by atoms with Gasteiger partial charge in [-0.3, -0.25) is 9.78 Å². The van der Waals surface area contributed by atoms with E-state index in [1.54, 1.807) is 18.3 Å². The Hall–Kier alpha value is -3.34. The Kier molecular flexibility index (Phi) is 7.21. The fourth-order valence-corrected chi connectivity index (χ4v) is 7.04. The molecule has 0 spiro atoms. The number of hydrogen-bond donors (Lipinski definition) is 2. The predicted molar refractivity (Wildman–Crippen MR) is 153 cm³/mol. The molecule has 7 nitrogen and oxygen atoms in total. The summed E-state index contributed by atoms with van der Waals surface area (Å²) in [5.74, 6) is 0.859. The van der Waals surface area contributed by atoms with Crippen molar-refractivity contribution in [3.63, 3.8) is 0 Å². The maximum Gasteiger partial charge on any atom is 0.251 e. The number of aliphatic hydroxyl groups is 1. The van der Waals surface area contributed by atoms with Gasteiger partial charge in [-0.25, -0.2) is 0 Å². The molecule has 0 radical (unpaired) electrons. The number of aliphatic hydroxyl groups excluding tert-OH is 1. The summed E-state index contributed by atoms with van der Waals surface area (Å²) in [7, 11) is 0. The highest BCUT2D eigenvalue weighted by atomic mass is 35.5. The number of aromatic nitrogens is 1. The minimum Gasteiger partial charge on any atom is -0.488 e. The van der Waals surface area contributed by atoms with Crippen molar-refractivity contribution in [2.75, 3.05) is 24.6 Å². The van der Waals surface area contributed by atoms with Crippen LogP contribution in [0.5, 0.6) is 5.75 Å². The highest BCUT2D eigenvalue weighted by Crippen LogP contribution is 2.56. The summed E-state index contributed by atoms with van der Waals surface area (Å²) in [6, 6.07) is 14.9. The number of nitrogens with zero attached hydrogens (tertiary/aromatic N) is 3. The summed E-state index contributed by atoms with van der Waals surface area (Å²) in [4.78, 5) is 20.0. The standard InChI is InChI=1S/C31H35ClN4O3/c1-30(2)28(31(3,4)29(30)39-25-10-8-21(17-33)26-22(25)6-5-13-34-26)35-27(38)20-7-9-24(23(32)16-20)36-14-11-19(18-37)12-15-36/h5-10,13,16,19,28-29,37H,11-12,14-15,18H2,1-4H3,(H,35,38). The first-order valence-corrected chi connectivity index (χ1v) is 13.9. The van der Waals surface area contributed by atoms with Crippen molar-refractivity contribution in [3.8, 4) is 11.8 Å². The molecule has 1 aliphatic carbocycles. The zero-order chi connectivity index (χ0) is 27.9. The topological polar surface area (TPSA) is 98.5 Å². The molecule has 1 saturated carbocycles. The van der Waals surface area contributed by atoms with Crippen LogP contribution in [-0.4, -0.2) is 47.8 Å². The van der Waals surface area contributed by atoms with Crippen molar-refractivity contribution in [1.82, 2.24) is 10.3 Å². The minimum absolute atomic E-state index is 0.138. The summed E-state index contributed by atoms with van der Waals surface area (Å²) in [5.41, 5.74) is 1.86. The molecule has 2 N–H and O–H groups in total. The number of carbonyl (C=O) groups is 1. The fourth-order valence-electron chi connectivity index (χ4n) is 6.74. The van der Waals surface area contributed by atoms with Crippen molar-refractivity contribution in [2.24, 2.45) is 16.7 Å². The highest BCUT2D eigenvalue weighted by molar-refractivity contribution is 6.33. The molecule has 5 rings (SSSR count). The molecule has 204 valence electrons. The Labute approximate surface area is 234 Å². The molecule has 1 amide bonds. The third-order valence-electron chi connectivity index (χ3n) is 8.63. The number of amides is 1. The predicted octanol–water partition coefficient (Wildman–Crippen LogP) is 5.58. The van der Waals surface area contributed by atoms with E-state index in [2.05, 4.69) is 49.0 Å². The van der Waals surface area contributed by atoms with Crippen molar-refractivity contribution in [3.05, 3.63) is 64.8 Å². The summed E-state index contributed by atoms with van der Waals surface area (Å²) < 4.78 is 6.59. The third kappa shape index (κ3) is 4.81. The molecule has 0 unspecified atom stereocenters. The number of benzene rings is 2. The van der Waals surface area contributed by atoms with Gasteiger partial charge >= 0.3 is 0 Å². The van der Waals surface area contributed by atoms with Gasteiger partial charge in [-0.2, -0.15) is 5.26 Å². The number of pyridine rings is 1. The van der Waals surface area contributed by atoms with Gasteiger partial charge in [0.05, 0.1) is 21.8 Å². The molecule has 2 aliphatic rings. The Morgan fingerprint density at radius 2 is 1.90 bits per heavy atom. The van der Waals surface area contributed by atoms with E-state index in [0.29, 0.717) is 33.3 Å². The van der Waals surface area contributed by atoms with Gasteiger partial charge < -0.3 is 20.1 Å². The molecule has 1 saturated heterocycles. The van der Waals surface area contributed by atoms with E-state index in [1.165, 1.54) is 0 Å². The van der Waals surface area contributed by atoms with Gasteiger partial charge in [-0.15, -0.1) is 0 Å². The Bertz CT molecular complexity index is 1420. The van der Waals surface area contributed by atoms with Crippen LogP contribution in [0.25, 0.3) is 10.9 Å². The molecule has 1 aromatic heterocycles. The monoisotopic (exact) mass is 546 g/mol. The molecule has 3 aromatic rings. The summed E-state index contributed by atoms with van der Waals surface area (Å²) >= 11 is 6.64. The van der Waals surface area contributed by atoms with E-state index in [9.17, 15) is 15.2 Å². The maximum atomic E-state index is 13.4. The summed E-state index contributed by atoms with van der Waals surface area (Å²) in [6.45, 7) is 10.3. The van der Waals surface area contributed by atoms with Gasteiger partial charge in [-0.1, -0.05) is 39.3 Å². The van der Waals surface area contributed by atoms with Crippen LogP contribution in [0.15, 0.2) is 48.7 Å². The van der Waals surface area contributed by atoms with E-state index in [1.807, 2.05) is 30.3 Å². The fraction of sp³-hybridized carbons (Fsp3) is 0.452. The second-order valence-electron chi connectivity index (χ2n) is 11.9. The number of ether oxygens (including phenoxy) is 1. The summed E-state index contributed by atoms with van der Waals surface area (Å²) in [5, 5.41) is 23.5.